The Morgan fingerprint density at radius 3 is 2.38 bits per heavy atom. The van der Waals surface area contributed by atoms with Crippen LogP contribution in [0.4, 0.5) is 0 Å². The molecule has 0 radical (unpaired) electrons. The van der Waals surface area contributed by atoms with Crippen LogP contribution >= 0.6 is 0 Å². The molecule has 2 N–H and O–H groups in total. The van der Waals surface area contributed by atoms with Crippen molar-refractivity contribution in [3.63, 3.8) is 0 Å². The molecule has 4 aliphatic carbocycles. The summed E-state index contributed by atoms with van der Waals surface area (Å²) in [7, 11) is 1.74. The van der Waals surface area contributed by atoms with Crippen LogP contribution < -0.4 is 10.5 Å². The molecule has 0 heterocycles. The largest absolute Gasteiger partial charge is 0.497 e. The number of hydrogen-bond donors (Lipinski definition) is 1. The SMILES string of the molecule is COc1cccc(CCN(CCN)C2C3CC4CC(C3)CC2C4)c1. The molecule has 0 amide bonds. The van der Waals surface area contributed by atoms with Gasteiger partial charge in [0.15, 0.2) is 0 Å². The zero-order valence-electron chi connectivity index (χ0n) is 15.0. The van der Waals surface area contributed by atoms with Crippen LogP contribution in [0.5, 0.6) is 5.75 Å². The predicted octanol–water partition coefficient (Wildman–Crippen LogP) is 3.32. The second-order valence-electron chi connectivity index (χ2n) is 8.35. The van der Waals surface area contributed by atoms with Gasteiger partial charge in [0, 0.05) is 25.7 Å². The molecule has 4 aliphatic rings. The fourth-order valence-corrected chi connectivity index (χ4v) is 6.17. The highest BCUT2D eigenvalue weighted by Gasteiger charge is 2.49. The molecule has 0 unspecified atom stereocenters. The second kappa shape index (κ2) is 7.05. The highest BCUT2D eigenvalue weighted by atomic mass is 16.5. The normalized spacial score (nSPS) is 34.0. The fourth-order valence-electron chi connectivity index (χ4n) is 6.17. The van der Waals surface area contributed by atoms with E-state index in [1.807, 2.05) is 6.07 Å². The van der Waals surface area contributed by atoms with Crippen LogP contribution in [0.25, 0.3) is 0 Å². The van der Waals surface area contributed by atoms with E-state index in [4.69, 9.17) is 10.5 Å². The zero-order valence-corrected chi connectivity index (χ0v) is 15.0. The summed E-state index contributed by atoms with van der Waals surface area (Å²) in [5, 5.41) is 0. The molecule has 5 rings (SSSR count). The van der Waals surface area contributed by atoms with Gasteiger partial charge in [-0.1, -0.05) is 12.1 Å². The molecule has 0 aliphatic heterocycles. The predicted molar refractivity (Wildman–Crippen MR) is 98.2 cm³/mol. The van der Waals surface area contributed by atoms with E-state index in [-0.39, 0.29) is 0 Å². The van der Waals surface area contributed by atoms with Gasteiger partial charge in [0.25, 0.3) is 0 Å². The number of rotatable bonds is 7. The molecule has 1 aromatic rings. The summed E-state index contributed by atoms with van der Waals surface area (Å²) in [6.07, 6.45) is 8.56. The molecule has 0 spiro atoms. The van der Waals surface area contributed by atoms with E-state index in [9.17, 15) is 0 Å². The Kier molecular flexibility index (Phi) is 4.82. The first-order chi connectivity index (χ1) is 11.8. The average Bonchev–Trinajstić information content (AvgIpc) is 2.59. The molecule has 132 valence electrons. The Morgan fingerprint density at radius 2 is 1.75 bits per heavy atom. The molecular formula is C21H32N2O. The van der Waals surface area contributed by atoms with Crippen molar-refractivity contribution in [1.29, 1.82) is 0 Å². The maximum atomic E-state index is 5.98. The number of nitrogens with two attached hydrogens (primary N) is 1. The van der Waals surface area contributed by atoms with Crippen LogP contribution in [-0.4, -0.2) is 37.7 Å². The lowest BCUT2D eigenvalue weighted by molar-refractivity contribution is -0.0641. The van der Waals surface area contributed by atoms with Gasteiger partial charge >= 0.3 is 0 Å². The first-order valence-electron chi connectivity index (χ1n) is 9.84. The standard InChI is InChI=1S/C21H32N2O/c1-24-20-4-2-3-15(14-20)5-7-23(8-6-22)21-18-10-16-9-17(12-18)13-19(21)11-16/h2-4,14,16-19,21H,5-13,22H2,1H3. The Labute approximate surface area is 146 Å². The Bertz CT molecular complexity index is 531. The highest BCUT2D eigenvalue weighted by Crippen LogP contribution is 2.55. The molecule has 0 saturated heterocycles. The van der Waals surface area contributed by atoms with Crippen LogP contribution in [0.1, 0.15) is 37.7 Å². The Hall–Kier alpha value is -1.06. The molecule has 0 atom stereocenters. The van der Waals surface area contributed by atoms with E-state index >= 15 is 0 Å². The van der Waals surface area contributed by atoms with Gasteiger partial charge in [0.05, 0.1) is 7.11 Å². The number of ether oxygens (including phenoxy) is 1. The number of methoxy groups -OCH3 is 1. The van der Waals surface area contributed by atoms with Crippen LogP contribution in [-0.2, 0) is 6.42 Å². The van der Waals surface area contributed by atoms with Crippen LogP contribution in [0.15, 0.2) is 24.3 Å². The lowest BCUT2D eigenvalue weighted by atomic mass is 9.54. The molecule has 4 fully saturated rings. The third-order valence-corrected chi connectivity index (χ3v) is 6.84. The van der Waals surface area contributed by atoms with Gasteiger partial charge in [-0.3, -0.25) is 4.90 Å². The van der Waals surface area contributed by atoms with Crippen molar-refractivity contribution in [2.75, 3.05) is 26.7 Å². The molecule has 4 saturated carbocycles. The van der Waals surface area contributed by atoms with Crippen molar-refractivity contribution in [3.8, 4) is 5.75 Å². The van der Waals surface area contributed by atoms with Gasteiger partial charge in [-0.05, 0) is 79.9 Å². The fraction of sp³-hybridized carbons (Fsp3) is 0.714. The van der Waals surface area contributed by atoms with Crippen molar-refractivity contribution in [2.24, 2.45) is 29.4 Å². The summed E-state index contributed by atoms with van der Waals surface area (Å²) in [5.41, 5.74) is 7.35. The topological polar surface area (TPSA) is 38.5 Å². The Balaban J connectivity index is 1.44. The summed E-state index contributed by atoms with van der Waals surface area (Å²) in [6.45, 7) is 2.97. The quantitative estimate of drug-likeness (QED) is 0.834. The van der Waals surface area contributed by atoms with E-state index in [1.54, 1.807) is 7.11 Å². The molecule has 0 aromatic heterocycles. The van der Waals surface area contributed by atoms with Gasteiger partial charge in [-0.25, -0.2) is 0 Å². The zero-order chi connectivity index (χ0) is 16.5. The molecule has 24 heavy (non-hydrogen) atoms. The molecule has 3 nitrogen and oxygen atoms in total. The first-order valence-corrected chi connectivity index (χ1v) is 9.84. The molecule has 3 heteroatoms. The van der Waals surface area contributed by atoms with E-state index in [0.717, 1.165) is 61.5 Å². The highest BCUT2D eigenvalue weighted by molar-refractivity contribution is 5.28. The van der Waals surface area contributed by atoms with Crippen molar-refractivity contribution in [3.05, 3.63) is 29.8 Å². The van der Waals surface area contributed by atoms with Crippen molar-refractivity contribution in [1.82, 2.24) is 4.90 Å². The minimum Gasteiger partial charge on any atom is -0.497 e. The van der Waals surface area contributed by atoms with Crippen molar-refractivity contribution in [2.45, 2.75) is 44.6 Å². The summed E-state index contributed by atoms with van der Waals surface area (Å²) in [5.74, 6) is 4.94. The van der Waals surface area contributed by atoms with E-state index in [1.165, 1.54) is 37.7 Å². The monoisotopic (exact) mass is 328 g/mol. The van der Waals surface area contributed by atoms with E-state index < -0.39 is 0 Å². The van der Waals surface area contributed by atoms with E-state index in [2.05, 4.69) is 23.1 Å². The van der Waals surface area contributed by atoms with Crippen LogP contribution in [0.3, 0.4) is 0 Å². The number of nitrogens with zero attached hydrogens (tertiary/aromatic N) is 1. The van der Waals surface area contributed by atoms with Gasteiger partial charge in [-0.15, -0.1) is 0 Å². The Morgan fingerprint density at radius 1 is 1.04 bits per heavy atom. The smallest absolute Gasteiger partial charge is 0.119 e. The van der Waals surface area contributed by atoms with Crippen LogP contribution in [0.2, 0.25) is 0 Å². The third kappa shape index (κ3) is 3.21. The van der Waals surface area contributed by atoms with Gasteiger partial charge in [0.1, 0.15) is 5.75 Å². The van der Waals surface area contributed by atoms with Crippen molar-refractivity contribution < 1.29 is 4.74 Å². The van der Waals surface area contributed by atoms with E-state index in [0.29, 0.717) is 0 Å². The minimum atomic E-state index is 0.779. The first kappa shape index (κ1) is 16.4. The van der Waals surface area contributed by atoms with Gasteiger partial charge < -0.3 is 10.5 Å². The lowest BCUT2D eigenvalue weighted by Crippen LogP contribution is -2.57. The van der Waals surface area contributed by atoms with Gasteiger partial charge in [-0.2, -0.15) is 0 Å². The molecule has 4 bridgehead atoms. The summed E-state index contributed by atoms with van der Waals surface area (Å²) >= 11 is 0. The third-order valence-electron chi connectivity index (χ3n) is 6.84. The summed E-state index contributed by atoms with van der Waals surface area (Å²) in [4.78, 5) is 2.74. The summed E-state index contributed by atoms with van der Waals surface area (Å²) < 4.78 is 5.37. The minimum absolute atomic E-state index is 0.779. The molecule has 1 aromatic carbocycles. The van der Waals surface area contributed by atoms with Crippen molar-refractivity contribution >= 4 is 0 Å². The maximum absolute atomic E-state index is 5.98. The maximum Gasteiger partial charge on any atom is 0.119 e. The lowest BCUT2D eigenvalue weighted by Gasteiger charge is -2.57. The average molecular weight is 329 g/mol. The number of hydrogen-bond acceptors (Lipinski definition) is 3. The summed E-state index contributed by atoms with van der Waals surface area (Å²) in [6, 6.07) is 9.33. The number of benzene rings is 1. The van der Waals surface area contributed by atoms with Crippen LogP contribution in [0, 0.1) is 23.7 Å². The second-order valence-corrected chi connectivity index (χ2v) is 8.35. The van der Waals surface area contributed by atoms with Gasteiger partial charge in [0.2, 0.25) is 0 Å². The molecular weight excluding hydrogens is 296 g/mol.